The fourth-order valence-electron chi connectivity index (χ4n) is 2.86. The Labute approximate surface area is 160 Å². The van der Waals surface area contributed by atoms with Gasteiger partial charge in [-0.3, -0.25) is 10.1 Å². The molecule has 0 aliphatic carbocycles. The number of hydrogen-bond donors (Lipinski definition) is 1. The van der Waals surface area contributed by atoms with Crippen molar-refractivity contribution in [2.24, 2.45) is 0 Å². The van der Waals surface area contributed by atoms with Crippen LogP contribution in [0.5, 0.6) is 5.75 Å². The van der Waals surface area contributed by atoms with Crippen LogP contribution in [0.2, 0.25) is 0 Å². The number of anilines is 1. The smallest absolute Gasteiger partial charge is 0.258 e. The van der Waals surface area contributed by atoms with E-state index in [1.54, 1.807) is 23.7 Å². The Morgan fingerprint density at radius 1 is 1.22 bits per heavy atom. The van der Waals surface area contributed by atoms with E-state index >= 15 is 0 Å². The molecule has 0 spiro atoms. The lowest BCUT2D eigenvalue weighted by Crippen LogP contribution is -2.15. The molecule has 0 radical (unpaired) electrons. The lowest BCUT2D eigenvalue weighted by atomic mass is 10.2. The van der Waals surface area contributed by atoms with Gasteiger partial charge in [0.05, 0.1) is 22.2 Å². The number of aromatic nitrogens is 3. The van der Waals surface area contributed by atoms with Gasteiger partial charge in [-0.05, 0) is 37.3 Å². The Bertz CT molecular complexity index is 1070. The highest BCUT2D eigenvalue weighted by atomic mass is 32.1. The van der Waals surface area contributed by atoms with E-state index < -0.39 is 0 Å². The number of nitrogens with zero attached hydrogens (tertiary/aromatic N) is 3. The summed E-state index contributed by atoms with van der Waals surface area (Å²) in [6, 6.07) is 14.9. The van der Waals surface area contributed by atoms with Gasteiger partial charge in [0, 0.05) is 17.5 Å². The first-order chi connectivity index (χ1) is 13.2. The highest BCUT2D eigenvalue weighted by molar-refractivity contribution is 7.07. The van der Waals surface area contributed by atoms with Crippen LogP contribution in [0.1, 0.15) is 23.0 Å². The second-order valence-corrected chi connectivity index (χ2v) is 6.64. The van der Waals surface area contributed by atoms with Crippen LogP contribution in [-0.2, 0) is 13.2 Å². The minimum atomic E-state index is -0.223. The first-order valence-corrected chi connectivity index (χ1v) is 9.55. The largest absolute Gasteiger partial charge is 0.487 e. The molecule has 0 aliphatic heterocycles. The van der Waals surface area contributed by atoms with Crippen LogP contribution in [-0.4, -0.2) is 20.4 Å². The summed E-state index contributed by atoms with van der Waals surface area (Å²) in [5.74, 6) is 0.941. The monoisotopic (exact) mass is 378 g/mol. The summed E-state index contributed by atoms with van der Waals surface area (Å²) in [7, 11) is 0. The zero-order valence-corrected chi connectivity index (χ0v) is 15.6. The van der Waals surface area contributed by atoms with E-state index in [1.807, 2.05) is 47.2 Å². The van der Waals surface area contributed by atoms with Crippen molar-refractivity contribution in [1.29, 1.82) is 0 Å². The fraction of sp³-hybridized carbons (Fsp3) is 0.150. The zero-order valence-electron chi connectivity index (χ0n) is 14.8. The molecule has 0 atom stereocenters. The molecule has 1 N–H and O–H groups in total. The van der Waals surface area contributed by atoms with E-state index in [-0.39, 0.29) is 5.91 Å². The van der Waals surface area contributed by atoms with Gasteiger partial charge in [-0.25, -0.2) is 9.97 Å². The van der Waals surface area contributed by atoms with E-state index in [0.29, 0.717) is 30.4 Å². The third kappa shape index (κ3) is 3.68. The van der Waals surface area contributed by atoms with Crippen molar-refractivity contribution < 1.29 is 9.53 Å². The van der Waals surface area contributed by atoms with Crippen molar-refractivity contribution >= 4 is 34.2 Å². The molecule has 6 nitrogen and oxygen atoms in total. The van der Waals surface area contributed by atoms with Gasteiger partial charge >= 0.3 is 0 Å². The molecule has 0 fully saturated rings. The van der Waals surface area contributed by atoms with Crippen molar-refractivity contribution in [3.05, 3.63) is 70.7 Å². The molecule has 4 rings (SSSR count). The molecule has 2 aromatic heterocycles. The van der Waals surface area contributed by atoms with Crippen LogP contribution in [0.25, 0.3) is 11.0 Å². The molecule has 2 aromatic carbocycles. The number of rotatable bonds is 6. The van der Waals surface area contributed by atoms with Gasteiger partial charge in [-0.2, -0.15) is 0 Å². The number of imidazole rings is 1. The van der Waals surface area contributed by atoms with E-state index in [9.17, 15) is 4.79 Å². The van der Waals surface area contributed by atoms with Crippen molar-refractivity contribution in [2.75, 3.05) is 5.32 Å². The Morgan fingerprint density at radius 2 is 2.11 bits per heavy atom. The zero-order chi connectivity index (χ0) is 18.6. The normalized spacial score (nSPS) is 10.9. The summed E-state index contributed by atoms with van der Waals surface area (Å²) < 4.78 is 7.71. The highest BCUT2D eigenvalue weighted by Crippen LogP contribution is 2.21. The number of hydrogen-bond acceptors (Lipinski definition) is 5. The molecule has 0 aliphatic rings. The Balaban J connectivity index is 1.52. The van der Waals surface area contributed by atoms with Crippen LogP contribution >= 0.6 is 11.3 Å². The highest BCUT2D eigenvalue weighted by Gasteiger charge is 2.14. The number of carbonyl (C=O) groups is 1. The molecule has 0 unspecified atom stereocenters. The Morgan fingerprint density at radius 3 is 2.93 bits per heavy atom. The van der Waals surface area contributed by atoms with Gasteiger partial charge in [-0.1, -0.05) is 18.2 Å². The number of benzene rings is 2. The van der Waals surface area contributed by atoms with Crippen molar-refractivity contribution in [3.63, 3.8) is 0 Å². The predicted molar refractivity (Wildman–Crippen MR) is 106 cm³/mol. The molecule has 7 heteroatoms. The predicted octanol–water partition coefficient (Wildman–Crippen LogP) is 4.34. The molecule has 0 saturated heterocycles. The third-order valence-corrected chi connectivity index (χ3v) is 4.80. The third-order valence-electron chi connectivity index (χ3n) is 4.16. The van der Waals surface area contributed by atoms with E-state index in [4.69, 9.17) is 4.74 Å². The lowest BCUT2D eigenvalue weighted by molar-refractivity contribution is 0.102. The molecular weight excluding hydrogens is 360 g/mol. The van der Waals surface area contributed by atoms with E-state index in [2.05, 4.69) is 15.3 Å². The number of nitrogens with one attached hydrogen (secondary N) is 1. The maximum absolute atomic E-state index is 12.7. The maximum Gasteiger partial charge on any atom is 0.258 e. The minimum Gasteiger partial charge on any atom is -0.487 e. The van der Waals surface area contributed by atoms with Crippen LogP contribution in [0.15, 0.2) is 59.4 Å². The van der Waals surface area contributed by atoms with Crippen molar-refractivity contribution in [3.8, 4) is 5.75 Å². The Hall–Kier alpha value is -3.19. The second kappa shape index (κ2) is 7.59. The summed E-state index contributed by atoms with van der Waals surface area (Å²) in [5, 5.41) is 4.85. The SMILES string of the molecule is CCn1c(NC(=O)c2cccc(OCc3cscn3)c2)nc2ccccc21. The number of ether oxygens (including phenoxy) is 1. The first-order valence-electron chi connectivity index (χ1n) is 8.61. The molecule has 1 amide bonds. The number of thiazole rings is 1. The molecule has 27 heavy (non-hydrogen) atoms. The molecular formula is C20H18N4O2S. The standard InChI is InChI=1S/C20H18N4O2S/c1-2-24-18-9-4-3-8-17(18)22-20(24)23-19(25)14-6-5-7-16(10-14)26-11-15-12-27-13-21-15/h3-10,12-13H,2,11H2,1H3,(H,22,23,25). The number of para-hydroxylation sites is 2. The number of amides is 1. The first kappa shape index (κ1) is 17.2. The number of aryl methyl sites for hydroxylation is 1. The molecule has 2 heterocycles. The summed E-state index contributed by atoms with van der Waals surface area (Å²) >= 11 is 1.52. The van der Waals surface area contributed by atoms with Crippen molar-refractivity contribution in [2.45, 2.75) is 20.1 Å². The average Bonchev–Trinajstić information content (AvgIpc) is 3.33. The van der Waals surface area contributed by atoms with Gasteiger partial charge < -0.3 is 9.30 Å². The topological polar surface area (TPSA) is 69.0 Å². The molecule has 136 valence electrons. The number of carbonyl (C=O) groups excluding carboxylic acids is 1. The Kier molecular flexibility index (Phi) is 4.84. The maximum atomic E-state index is 12.7. The molecule has 0 saturated carbocycles. The molecule has 4 aromatic rings. The summed E-state index contributed by atoms with van der Waals surface area (Å²) in [6.07, 6.45) is 0. The van der Waals surface area contributed by atoms with Crippen LogP contribution < -0.4 is 10.1 Å². The summed E-state index contributed by atoms with van der Waals surface area (Å²) in [5.41, 5.74) is 5.00. The van der Waals surface area contributed by atoms with Gasteiger partial charge in [0.1, 0.15) is 12.4 Å². The van der Waals surface area contributed by atoms with Crippen molar-refractivity contribution in [1.82, 2.24) is 14.5 Å². The minimum absolute atomic E-state index is 0.223. The van der Waals surface area contributed by atoms with Crippen LogP contribution in [0.3, 0.4) is 0 Å². The van der Waals surface area contributed by atoms with E-state index in [1.165, 1.54) is 11.3 Å². The number of fused-ring (bicyclic) bond motifs is 1. The van der Waals surface area contributed by atoms with Gasteiger partial charge in [0.25, 0.3) is 5.91 Å². The summed E-state index contributed by atoms with van der Waals surface area (Å²) in [6.45, 7) is 3.11. The van der Waals surface area contributed by atoms with Gasteiger partial charge in [-0.15, -0.1) is 11.3 Å². The average molecular weight is 378 g/mol. The molecule has 0 bridgehead atoms. The van der Waals surface area contributed by atoms with Gasteiger partial charge in [0.15, 0.2) is 0 Å². The summed E-state index contributed by atoms with van der Waals surface area (Å²) in [4.78, 5) is 21.4. The van der Waals surface area contributed by atoms with Crippen LogP contribution in [0.4, 0.5) is 5.95 Å². The lowest BCUT2D eigenvalue weighted by Gasteiger charge is -2.09. The van der Waals surface area contributed by atoms with Gasteiger partial charge in [0.2, 0.25) is 5.95 Å². The quantitative estimate of drug-likeness (QED) is 0.542. The van der Waals surface area contributed by atoms with Crippen LogP contribution in [0, 0.1) is 0 Å². The van der Waals surface area contributed by atoms with E-state index in [0.717, 1.165) is 16.7 Å². The second-order valence-electron chi connectivity index (χ2n) is 5.92. The fourth-order valence-corrected chi connectivity index (χ4v) is 3.40.